The molecule has 3 rings (SSSR count). The molecule has 4 heteroatoms. The fraction of sp³-hybridized carbons (Fsp3) is 0.533. The number of nitrogens with zero attached hydrogens (tertiary/aromatic N) is 1. The molecule has 0 spiro atoms. The van der Waals surface area contributed by atoms with Gasteiger partial charge in [-0.15, -0.1) is 0 Å². The zero-order valence-corrected chi connectivity index (χ0v) is 12.6. The summed E-state index contributed by atoms with van der Waals surface area (Å²) in [4.78, 5) is 3.24. The van der Waals surface area contributed by atoms with E-state index in [0.29, 0.717) is 0 Å². The number of aryl methyl sites for hydroxylation is 1. The maximum atomic E-state index is 6.29. The standard InChI is InChI=1S/C15H19ClN2S/c16-12-8-3-9-13-14(12)18(15(19)17-13)10-4-7-11-5-1-2-6-11/h3,8-9,11H,1-2,4-7,10H2,(H,17,19). The summed E-state index contributed by atoms with van der Waals surface area (Å²) in [5.74, 6) is 0.940. The second-order valence-corrected chi connectivity index (χ2v) is 6.30. The van der Waals surface area contributed by atoms with Crippen LogP contribution < -0.4 is 0 Å². The van der Waals surface area contributed by atoms with E-state index in [9.17, 15) is 0 Å². The summed E-state index contributed by atoms with van der Waals surface area (Å²) >= 11 is 11.7. The summed E-state index contributed by atoms with van der Waals surface area (Å²) in [5, 5.41) is 0.783. The van der Waals surface area contributed by atoms with Gasteiger partial charge in [0.2, 0.25) is 0 Å². The Kier molecular flexibility index (Phi) is 3.94. The van der Waals surface area contributed by atoms with Gasteiger partial charge in [0, 0.05) is 6.54 Å². The minimum atomic E-state index is 0.783. The van der Waals surface area contributed by atoms with Crippen molar-refractivity contribution in [3.8, 4) is 0 Å². The summed E-state index contributed by atoms with van der Waals surface area (Å²) in [6.45, 7) is 0.971. The van der Waals surface area contributed by atoms with Gasteiger partial charge in [-0.3, -0.25) is 0 Å². The zero-order valence-electron chi connectivity index (χ0n) is 11.0. The number of benzene rings is 1. The number of nitrogens with one attached hydrogen (secondary N) is 1. The molecule has 0 unspecified atom stereocenters. The number of H-pyrrole nitrogens is 1. The van der Waals surface area contributed by atoms with Crippen molar-refractivity contribution in [3.63, 3.8) is 0 Å². The van der Waals surface area contributed by atoms with Crippen LogP contribution in [0, 0.1) is 10.7 Å². The zero-order chi connectivity index (χ0) is 13.2. The summed E-state index contributed by atoms with van der Waals surface area (Å²) in [6.07, 6.45) is 8.18. The molecule has 0 amide bonds. The van der Waals surface area contributed by atoms with E-state index in [-0.39, 0.29) is 0 Å². The van der Waals surface area contributed by atoms with Crippen LogP contribution in [-0.4, -0.2) is 9.55 Å². The van der Waals surface area contributed by atoms with Crippen LogP contribution in [0.3, 0.4) is 0 Å². The molecule has 1 fully saturated rings. The molecule has 1 aliphatic carbocycles. The van der Waals surface area contributed by atoms with Gasteiger partial charge in [0.15, 0.2) is 4.77 Å². The Morgan fingerprint density at radius 3 is 2.89 bits per heavy atom. The Bertz CT molecular complexity index is 623. The van der Waals surface area contributed by atoms with E-state index in [1.807, 2.05) is 18.2 Å². The van der Waals surface area contributed by atoms with Crippen molar-refractivity contribution in [2.75, 3.05) is 0 Å². The molecule has 19 heavy (non-hydrogen) atoms. The van der Waals surface area contributed by atoms with E-state index in [2.05, 4.69) is 9.55 Å². The van der Waals surface area contributed by atoms with Crippen molar-refractivity contribution >= 4 is 34.9 Å². The van der Waals surface area contributed by atoms with E-state index in [1.54, 1.807) is 0 Å². The second kappa shape index (κ2) is 5.68. The number of imidazole rings is 1. The van der Waals surface area contributed by atoms with Crippen LogP contribution in [0.5, 0.6) is 0 Å². The summed E-state index contributed by atoms with van der Waals surface area (Å²) in [7, 11) is 0. The average molecular weight is 295 g/mol. The van der Waals surface area contributed by atoms with Crippen LogP contribution in [0.2, 0.25) is 5.02 Å². The van der Waals surface area contributed by atoms with E-state index < -0.39 is 0 Å². The number of aromatic amines is 1. The first-order valence-corrected chi connectivity index (χ1v) is 7.91. The Morgan fingerprint density at radius 2 is 2.11 bits per heavy atom. The van der Waals surface area contributed by atoms with Gasteiger partial charge in [-0.1, -0.05) is 43.4 Å². The van der Waals surface area contributed by atoms with E-state index in [4.69, 9.17) is 23.8 Å². The number of rotatable bonds is 4. The first kappa shape index (κ1) is 13.2. The van der Waals surface area contributed by atoms with Gasteiger partial charge in [0.25, 0.3) is 0 Å². The third-order valence-corrected chi connectivity index (χ3v) is 4.84. The number of para-hydroxylation sites is 1. The number of fused-ring (bicyclic) bond motifs is 1. The van der Waals surface area contributed by atoms with Crippen molar-refractivity contribution in [2.45, 2.75) is 45.1 Å². The molecule has 2 aromatic rings. The minimum Gasteiger partial charge on any atom is -0.331 e. The first-order chi connectivity index (χ1) is 9.25. The third-order valence-electron chi connectivity index (χ3n) is 4.21. The van der Waals surface area contributed by atoms with Crippen LogP contribution in [0.4, 0.5) is 0 Å². The lowest BCUT2D eigenvalue weighted by atomic mass is 10.0. The number of halogens is 1. The molecule has 1 saturated carbocycles. The Labute approximate surface area is 123 Å². The molecular formula is C15H19ClN2S. The lowest BCUT2D eigenvalue weighted by molar-refractivity contribution is 0.460. The quantitative estimate of drug-likeness (QED) is 0.757. The summed E-state index contributed by atoms with van der Waals surface area (Å²) < 4.78 is 2.94. The van der Waals surface area contributed by atoms with Crippen LogP contribution >= 0.6 is 23.8 Å². The topological polar surface area (TPSA) is 20.7 Å². The SMILES string of the molecule is S=c1[nH]c2cccc(Cl)c2n1CCCC1CCCC1. The van der Waals surface area contributed by atoms with Gasteiger partial charge < -0.3 is 9.55 Å². The lowest BCUT2D eigenvalue weighted by Gasteiger charge is -2.10. The molecule has 1 aliphatic rings. The van der Waals surface area contributed by atoms with Crippen molar-refractivity contribution in [1.29, 1.82) is 0 Å². The molecule has 1 aromatic heterocycles. The number of hydrogen-bond donors (Lipinski definition) is 1. The number of hydrogen-bond acceptors (Lipinski definition) is 1. The summed E-state index contributed by atoms with van der Waals surface area (Å²) in [6, 6.07) is 5.92. The maximum Gasteiger partial charge on any atom is 0.178 e. The number of aromatic nitrogens is 2. The van der Waals surface area contributed by atoms with Crippen LogP contribution in [0.25, 0.3) is 11.0 Å². The van der Waals surface area contributed by atoms with Crippen molar-refractivity contribution in [2.24, 2.45) is 5.92 Å². The van der Waals surface area contributed by atoms with Gasteiger partial charge in [-0.25, -0.2) is 0 Å². The van der Waals surface area contributed by atoms with Crippen LogP contribution in [0.15, 0.2) is 18.2 Å². The molecule has 0 saturated heterocycles. The fourth-order valence-electron chi connectivity index (χ4n) is 3.23. The molecule has 0 atom stereocenters. The molecule has 1 N–H and O–H groups in total. The Balaban J connectivity index is 1.76. The monoisotopic (exact) mass is 294 g/mol. The normalized spacial score (nSPS) is 16.5. The van der Waals surface area contributed by atoms with Crippen LogP contribution in [-0.2, 0) is 6.54 Å². The maximum absolute atomic E-state index is 6.29. The van der Waals surface area contributed by atoms with E-state index in [1.165, 1.54) is 38.5 Å². The molecule has 102 valence electrons. The Hall–Kier alpha value is -0.800. The first-order valence-electron chi connectivity index (χ1n) is 7.13. The second-order valence-electron chi connectivity index (χ2n) is 5.51. The highest BCUT2D eigenvalue weighted by atomic mass is 35.5. The van der Waals surface area contributed by atoms with Gasteiger partial charge in [-0.05, 0) is 43.1 Å². The molecule has 0 aliphatic heterocycles. The highest BCUT2D eigenvalue weighted by molar-refractivity contribution is 7.71. The predicted octanol–water partition coefficient (Wildman–Crippen LogP) is 5.32. The molecule has 0 radical (unpaired) electrons. The average Bonchev–Trinajstić information content (AvgIpc) is 2.99. The molecule has 1 aromatic carbocycles. The molecule has 2 nitrogen and oxygen atoms in total. The minimum absolute atomic E-state index is 0.783. The highest BCUT2D eigenvalue weighted by Crippen LogP contribution is 2.29. The van der Waals surface area contributed by atoms with Crippen molar-refractivity contribution in [3.05, 3.63) is 28.0 Å². The van der Waals surface area contributed by atoms with Gasteiger partial charge in [0.1, 0.15) is 0 Å². The van der Waals surface area contributed by atoms with Gasteiger partial charge in [0.05, 0.1) is 16.1 Å². The van der Waals surface area contributed by atoms with Crippen LogP contribution in [0.1, 0.15) is 38.5 Å². The van der Waals surface area contributed by atoms with Gasteiger partial charge in [-0.2, -0.15) is 0 Å². The predicted molar refractivity (Wildman–Crippen MR) is 83.3 cm³/mol. The molecular weight excluding hydrogens is 276 g/mol. The largest absolute Gasteiger partial charge is 0.331 e. The smallest absolute Gasteiger partial charge is 0.178 e. The van der Waals surface area contributed by atoms with Crippen molar-refractivity contribution < 1.29 is 0 Å². The third kappa shape index (κ3) is 2.72. The summed E-state index contributed by atoms with van der Waals surface area (Å²) in [5.41, 5.74) is 2.10. The van der Waals surface area contributed by atoms with E-state index in [0.717, 1.165) is 33.3 Å². The Morgan fingerprint density at radius 1 is 1.32 bits per heavy atom. The molecule has 0 bridgehead atoms. The highest BCUT2D eigenvalue weighted by Gasteiger charge is 2.15. The fourth-order valence-corrected chi connectivity index (χ4v) is 3.79. The van der Waals surface area contributed by atoms with E-state index >= 15 is 0 Å². The lowest BCUT2D eigenvalue weighted by Crippen LogP contribution is -2.01. The van der Waals surface area contributed by atoms with Crippen molar-refractivity contribution in [1.82, 2.24) is 9.55 Å². The van der Waals surface area contributed by atoms with Gasteiger partial charge >= 0.3 is 0 Å². The molecule has 1 heterocycles.